The van der Waals surface area contributed by atoms with Gasteiger partial charge in [0.15, 0.2) is 0 Å². The van der Waals surface area contributed by atoms with Crippen LogP contribution in [0.15, 0.2) is 0 Å². The summed E-state index contributed by atoms with van der Waals surface area (Å²) in [5.74, 6) is -0.510. The summed E-state index contributed by atoms with van der Waals surface area (Å²) in [4.78, 5) is 22.0. The molecule has 0 aliphatic heterocycles. The predicted octanol–water partition coefficient (Wildman–Crippen LogP) is 1.79. The standard InChI is InChI=1S/C12H21NO3/c1-8(5-4-6-10(14)15)13-11(16)9-7-12(9,2)3/h8-9H,4-7H2,1-3H3,(H,13,16)(H,14,15). The van der Waals surface area contributed by atoms with E-state index < -0.39 is 5.97 Å². The van der Waals surface area contributed by atoms with Gasteiger partial charge in [0.1, 0.15) is 0 Å². The second-order valence-electron chi connectivity index (χ2n) is 5.44. The van der Waals surface area contributed by atoms with E-state index in [0.717, 1.165) is 12.8 Å². The SMILES string of the molecule is CC(CCCC(=O)O)NC(=O)C1CC1(C)C. The van der Waals surface area contributed by atoms with Gasteiger partial charge < -0.3 is 10.4 Å². The van der Waals surface area contributed by atoms with Crippen LogP contribution in [0.4, 0.5) is 0 Å². The van der Waals surface area contributed by atoms with Crippen molar-refractivity contribution >= 4 is 11.9 Å². The van der Waals surface area contributed by atoms with Crippen LogP contribution in [-0.2, 0) is 9.59 Å². The van der Waals surface area contributed by atoms with Gasteiger partial charge in [-0.25, -0.2) is 0 Å². The number of hydrogen-bond acceptors (Lipinski definition) is 2. The van der Waals surface area contributed by atoms with Crippen LogP contribution in [0.25, 0.3) is 0 Å². The minimum Gasteiger partial charge on any atom is -0.481 e. The summed E-state index contributed by atoms with van der Waals surface area (Å²) >= 11 is 0. The molecule has 0 saturated heterocycles. The van der Waals surface area contributed by atoms with Gasteiger partial charge in [0.05, 0.1) is 0 Å². The average molecular weight is 227 g/mol. The summed E-state index contributed by atoms with van der Waals surface area (Å²) in [6, 6.07) is 0.0725. The van der Waals surface area contributed by atoms with Gasteiger partial charge in [0.25, 0.3) is 0 Å². The van der Waals surface area contributed by atoms with Crippen molar-refractivity contribution in [2.75, 3.05) is 0 Å². The van der Waals surface area contributed by atoms with Gasteiger partial charge in [-0.05, 0) is 31.6 Å². The fourth-order valence-corrected chi connectivity index (χ4v) is 1.89. The molecule has 0 aromatic carbocycles. The highest BCUT2D eigenvalue weighted by atomic mass is 16.4. The van der Waals surface area contributed by atoms with Crippen LogP contribution in [0.2, 0.25) is 0 Å². The number of hydrogen-bond donors (Lipinski definition) is 2. The molecule has 1 fully saturated rings. The summed E-state index contributed by atoms with van der Waals surface area (Å²) in [6.07, 6.45) is 2.48. The Morgan fingerprint density at radius 3 is 2.50 bits per heavy atom. The Balaban J connectivity index is 2.17. The summed E-state index contributed by atoms with van der Waals surface area (Å²) in [6.45, 7) is 6.10. The predicted molar refractivity (Wildman–Crippen MR) is 61.0 cm³/mol. The van der Waals surface area contributed by atoms with Gasteiger partial charge >= 0.3 is 5.97 Å². The lowest BCUT2D eigenvalue weighted by Gasteiger charge is -2.13. The topological polar surface area (TPSA) is 66.4 Å². The number of amides is 1. The molecule has 0 radical (unpaired) electrons. The maximum Gasteiger partial charge on any atom is 0.303 e. The summed E-state index contributed by atoms with van der Waals surface area (Å²) in [7, 11) is 0. The van der Waals surface area contributed by atoms with E-state index >= 15 is 0 Å². The first-order chi connectivity index (χ1) is 7.33. The van der Waals surface area contributed by atoms with Crippen molar-refractivity contribution in [2.45, 2.75) is 52.5 Å². The number of carbonyl (C=O) groups excluding carboxylic acids is 1. The molecular weight excluding hydrogens is 206 g/mol. The molecule has 1 saturated carbocycles. The highest BCUT2D eigenvalue weighted by Crippen LogP contribution is 2.51. The largest absolute Gasteiger partial charge is 0.481 e. The maximum atomic E-state index is 11.7. The smallest absolute Gasteiger partial charge is 0.303 e. The lowest BCUT2D eigenvalue weighted by atomic mass is 10.1. The second-order valence-corrected chi connectivity index (χ2v) is 5.44. The van der Waals surface area contributed by atoms with Crippen molar-refractivity contribution in [3.8, 4) is 0 Å². The molecule has 92 valence electrons. The number of rotatable bonds is 6. The van der Waals surface area contributed by atoms with Crippen molar-refractivity contribution in [3.05, 3.63) is 0 Å². The number of aliphatic carboxylic acids is 1. The molecule has 0 bridgehead atoms. The zero-order valence-electron chi connectivity index (χ0n) is 10.2. The van der Waals surface area contributed by atoms with Crippen LogP contribution in [0.1, 0.15) is 46.5 Å². The zero-order chi connectivity index (χ0) is 12.3. The monoisotopic (exact) mass is 227 g/mol. The van der Waals surface area contributed by atoms with Gasteiger partial charge in [-0.1, -0.05) is 13.8 Å². The third kappa shape index (κ3) is 3.83. The molecule has 1 amide bonds. The highest BCUT2D eigenvalue weighted by Gasteiger charge is 2.50. The first-order valence-electron chi connectivity index (χ1n) is 5.85. The first-order valence-corrected chi connectivity index (χ1v) is 5.85. The van der Waals surface area contributed by atoms with Crippen molar-refractivity contribution in [1.82, 2.24) is 5.32 Å². The molecule has 2 atom stereocenters. The van der Waals surface area contributed by atoms with Crippen LogP contribution in [0.5, 0.6) is 0 Å². The molecule has 0 aromatic heterocycles. The Labute approximate surface area is 96.4 Å². The molecule has 1 rings (SSSR count). The highest BCUT2D eigenvalue weighted by molar-refractivity contribution is 5.82. The minimum absolute atomic E-state index is 0.0725. The third-order valence-electron chi connectivity index (χ3n) is 3.25. The number of carboxylic acids is 1. The maximum absolute atomic E-state index is 11.7. The molecule has 0 heterocycles. The number of carbonyl (C=O) groups is 2. The van der Waals surface area contributed by atoms with E-state index in [1.807, 2.05) is 6.92 Å². The van der Waals surface area contributed by atoms with E-state index in [-0.39, 0.29) is 29.7 Å². The Morgan fingerprint density at radius 1 is 1.50 bits per heavy atom. The van der Waals surface area contributed by atoms with Crippen LogP contribution in [0.3, 0.4) is 0 Å². The van der Waals surface area contributed by atoms with Gasteiger partial charge in [-0.2, -0.15) is 0 Å². The molecule has 2 N–H and O–H groups in total. The molecule has 16 heavy (non-hydrogen) atoms. The molecule has 2 unspecified atom stereocenters. The van der Waals surface area contributed by atoms with Crippen LogP contribution in [0, 0.1) is 11.3 Å². The van der Waals surface area contributed by atoms with Gasteiger partial charge in [0.2, 0.25) is 5.91 Å². The van der Waals surface area contributed by atoms with Crippen molar-refractivity contribution in [2.24, 2.45) is 11.3 Å². The van der Waals surface area contributed by atoms with E-state index in [1.165, 1.54) is 0 Å². The average Bonchev–Trinajstić information content (AvgIpc) is 2.74. The van der Waals surface area contributed by atoms with E-state index in [1.54, 1.807) is 0 Å². The van der Waals surface area contributed by atoms with Gasteiger partial charge in [-0.15, -0.1) is 0 Å². The molecule has 4 heteroatoms. The lowest BCUT2D eigenvalue weighted by molar-refractivity contribution is -0.137. The van der Waals surface area contributed by atoms with Gasteiger partial charge in [-0.3, -0.25) is 9.59 Å². The quantitative estimate of drug-likeness (QED) is 0.727. The molecule has 1 aliphatic rings. The Morgan fingerprint density at radius 2 is 2.06 bits per heavy atom. The summed E-state index contributed by atoms with van der Waals surface area (Å²) < 4.78 is 0. The van der Waals surface area contributed by atoms with Crippen LogP contribution < -0.4 is 5.32 Å². The van der Waals surface area contributed by atoms with E-state index in [9.17, 15) is 9.59 Å². The van der Waals surface area contributed by atoms with Crippen LogP contribution in [-0.4, -0.2) is 23.0 Å². The van der Waals surface area contributed by atoms with Crippen LogP contribution >= 0.6 is 0 Å². The van der Waals surface area contributed by atoms with E-state index in [0.29, 0.717) is 6.42 Å². The first kappa shape index (κ1) is 13.0. The van der Waals surface area contributed by atoms with E-state index in [4.69, 9.17) is 5.11 Å². The fourth-order valence-electron chi connectivity index (χ4n) is 1.89. The molecular formula is C12H21NO3. The molecule has 4 nitrogen and oxygen atoms in total. The van der Waals surface area contributed by atoms with Crippen molar-refractivity contribution in [1.29, 1.82) is 0 Å². The Hall–Kier alpha value is -1.06. The molecule has 0 spiro atoms. The normalized spacial score (nSPS) is 23.6. The van der Waals surface area contributed by atoms with Crippen molar-refractivity contribution < 1.29 is 14.7 Å². The third-order valence-corrected chi connectivity index (χ3v) is 3.25. The van der Waals surface area contributed by atoms with Gasteiger partial charge in [0, 0.05) is 18.4 Å². The molecule has 1 aliphatic carbocycles. The fraction of sp³-hybridized carbons (Fsp3) is 0.833. The Kier molecular flexibility index (Phi) is 3.94. The lowest BCUT2D eigenvalue weighted by Crippen LogP contribution is -2.34. The summed E-state index contributed by atoms with van der Waals surface area (Å²) in [5, 5.41) is 11.4. The van der Waals surface area contributed by atoms with Crippen molar-refractivity contribution in [3.63, 3.8) is 0 Å². The zero-order valence-corrected chi connectivity index (χ0v) is 10.2. The molecule has 0 aromatic rings. The number of nitrogens with one attached hydrogen (secondary N) is 1. The number of carboxylic acid groups (broad SMARTS) is 1. The van der Waals surface area contributed by atoms with E-state index in [2.05, 4.69) is 19.2 Å². The second kappa shape index (κ2) is 4.85. The summed E-state index contributed by atoms with van der Waals surface area (Å²) in [5.41, 5.74) is 0.158. The minimum atomic E-state index is -0.776. The Bertz CT molecular complexity index is 286.